The van der Waals surface area contributed by atoms with E-state index in [2.05, 4.69) is 4.98 Å². The molecule has 1 rings (SSSR count). The van der Waals surface area contributed by atoms with Crippen LogP contribution in [0.4, 0.5) is 8.78 Å². The number of nitrogens with two attached hydrogens (primary N) is 1. The first-order valence-corrected chi connectivity index (χ1v) is 4.21. The first kappa shape index (κ1) is 10.8. The van der Waals surface area contributed by atoms with E-state index in [1.54, 1.807) is 19.1 Å². The molecule has 0 atom stereocenters. The zero-order valence-corrected chi connectivity index (χ0v) is 7.84. The Morgan fingerprint density at radius 1 is 1.50 bits per heavy atom. The molecule has 0 radical (unpaired) electrons. The first-order chi connectivity index (χ1) is 6.63. The van der Waals surface area contributed by atoms with Crippen molar-refractivity contribution in [1.82, 2.24) is 4.98 Å². The van der Waals surface area contributed by atoms with Gasteiger partial charge in [-0.05, 0) is 19.1 Å². The molecule has 2 N–H and O–H groups in total. The minimum Gasteiger partial charge on any atom is -0.486 e. The summed E-state index contributed by atoms with van der Waals surface area (Å²) in [6.45, 7) is 1.36. The van der Waals surface area contributed by atoms with Crippen LogP contribution in [0.1, 0.15) is 11.4 Å². The van der Waals surface area contributed by atoms with Gasteiger partial charge in [0.1, 0.15) is 12.4 Å². The van der Waals surface area contributed by atoms with Crippen molar-refractivity contribution in [2.75, 3.05) is 6.61 Å². The summed E-state index contributed by atoms with van der Waals surface area (Å²) in [6, 6.07) is 3.30. The van der Waals surface area contributed by atoms with Gasteiger partial charge in [0.15, 0.2) is 0 Å². The molecule has 0 aromatic carbocycles. The highest BCUT2D eigenvalue weighted by atomic mass is 19.3. The molecule has 1 heterocycles. The van der Waals surface area contributed by atoms with Crippen molar-refractivity contribution in [3.63, 3.8) is 0 Å². The predicted molar refractivity (Wildman–Crippen MR) is 48.4 cm³/mol. The molecule has 14 heavy (non-hydrogen) atoms. The summed E-state index contributed by atoms with van der Waals surface area (Å²) in [6.07, 6.45) is -2.48. The number of hydrogen-bond acceptors (Lipinski definition) is 3. The first-order valence-electron chi connectivity index (χ1n) is 4.21. The fraction of sp³-hybridized carbons (Fsp3) is 0.444. The molecule has 0 saturated carbocycles. The second kappa shape index (κ2) is 4.85. The summed E-state index contributed by atoms with van der Waals surface area (Å²) < 4.78 is 28.6. The third-order valence-corrected chi connectivity index (χ3v) is 1.63. The van der Waals surface area contributed by atoms with Gasteiger partial charge in [-0.3, -0.25) is 4.98 Å². The quantitative estimate of drug-likeness (QED) is 0.804. The van der Waals surface area contributed by atoms with Gasteiger partial charge >= 0.3 is 0 Å². The molecular weight excluding hydrogens is 190 g/mol. The molecule has 0 bridgehead atoms. The SMILES string of the molecule is Cc1ccc(OCC(F)F)c(CN)n1. The maximum atomic E-state index is 11.9. The fourth-order valence-corrected chi connectivity index (χ4v) is 1.03. The highest BCUT2D eigenvalue weighted by Crippen LogP contribution is 2.16. The van der Waals surface area contributed by atoms with Gasteiger partial charge < -0.3 is 10.5 Å². The number of rotatable bonds is 4. The Hall–Kier alpha value is -1.23. The average molecular weight is 202 g/mol. The Balaban J connectivity index is 2.75. The third kappa shape index (κ3) is 2.92. The Labute approximate surface area is 80.9 Å². The number of alkyl halides is 2. The Morgan fingerprint density at radius 2 is 2.21 bits per heavy atom. The van der Waals surface area contributed by atoms with Crippen LogP contribution in [0.15, 0.2) is 12.1 Å². The van der Waals surface area contributed by atoms with Crippen molar-refractivity contribution in [1.29, 1.82) is 0 Å². The van der Waals surface area contributed by atoms with Crippen LogP contribution < -0.4 is 10.5 Å². The van der Waals surface area contributed by atoms with Crippen LogP contribution in [-0.4, -0.2) is 18.0 Å². The largest absolute Gasteiger partial charge is 0.486 e. The normalized spacial score (nSPS) is 10.6. The number of nitrogens with zero attached hydrogens (tertiary/aromatic N) is 1. The van der Waals surface area contributed by atoms with E-state index in [4.69, 9.17) is 10.5 Å². The van der Waals surface area contributed by atoms with Gasteiger partial charge in [-0.2, -0.15) is 0 Å². The lowest BCUT2D eigenvalue weighted by Crippen LogP contribution is -2.11. The Bertz CT molecular complexity index is 305. The molecule has 78 valence electrons. The zero-order chi connectivity index (χ0) is 10.6. The maximum Gasteiger partial charge on any atom is 0.272 e. The molecule has 0 aliphatic carbocycles. The van der Waals surface area contributed by atoms with Crippen LogP contribution in [0, 0.1) is 6.92 Å². The van der Waals surface area contributed by atoms with Gasteiger partial charge in [0.2, 0.25) is 0 Å². The van der Waals surface area contributed by atoms with E-state index in [0.717, 1.165) is 5.69 Å². The van der Waals surface area contributed by atoms with Crippen molar-refractivity contribution in [2.24, 2.45) is 5.73 Å². The topological polar surface area (TPSA) is 48.1 Å². The van der Waals surface area contributed by atoms with Crippen LogP contribution in [-0.2, 0) is 6.54 Å². The van der Waals surface area contributed by atoms with E-state index in [-0.39, 0.29) is 6.54 Å². The highest BCUT2D eigenvalue weighted by molar-refractivity contribution is 5.29. The van der Waals surface area contributed by atoms with Crippen LogP contribution in [0.25, 0.3) is 0 Å². The third-order valence-electron chi connectivity index (χ3n) is 1.63. The van der Waals surface area contributed by atoms with Crippen molar-refractivity contribution in [2.45, 2.75) is 19.9 Å². The molecule has 0 saturated heterocycles. The number of aryl methyl sites for hydroxylation is 1. The molecular formula is C9H12F2N2O. The number of hydrogen-bond donors (Lipinski definition) is 1. The van der Waals surface area contributed by atoms with Crippen LogP contribution in [0.3, 0.4) is 0 Å². The number of pyridine rings is 1. The van der Waals surface area contributed by atoms with Crippen molar-refractivity contribution < 1.29 is 13.5 Å². The second-order valence-corrected chi connectivity index (χ2v) is 2.80. The standard InChI is InChI=1S/C9H12F2N2O/c1-6-2-3-8(7(4-12)13-6)14-5-9(10)11/h2-3,9H,4-5,12H2,1H3. The summed E-state index contributed by atoms with van der Waals surface area (Å²) in [5.74, 6) is 0.332. The summed E-state index contributed by atoms with van der Waals surface area (Å²) in [4.78, 5) is 4.07. The van der Waals surface area contributed by atoms with Crippen LogP contribution >= 0.6 is 0 Å². The van der Waals surface area contributed by atoms with E-state index in [1.165, 1.54) is 0 Å². The monoisotopic (exact) mass is 202 g/mol. The predicted octanol–water partition coefficient (Wildman–Crippen LogP) is 1.49. The Kier molecular flexibility index (Phi) is 3.76. The van der Waals surface area contributed by atoms with Crippen molar-refractivity contribution >= 4 is 0 Å². The molecule has 0 spiro atoms. The number of ether oxygens (including phenoxy) is 1. The molecule has 0 amide bonds. The van der Waals surface area contributed by atoms with Crippen LogP contribution in [0.2, 0.25) is 0 Å². The zero-order valence-electron chi connectivity index (χ0n) is 7.84. The molecule has 0 fully saturated rings. The molecule has 3 nitrogen and oxygen atoms in total. The molecule has 0 aliphatic rings. The van der Waals surface area contributed by atoms with Crippen LogP contribution in [0.5, 0.6) is 5.75 Å². The number of halogens is 2. The fourth-order valence-electron chi connectivity index (χ4n) is 1.03. The van der Waals surface area contributed by atoms with Crippen molar-refractivity contribution in [3.8, 4) is 5.75 Å². The van der Waals surface area contributed by atoms with Gasteiger partial charge in [-0.15, -0.1) is 0 Å². The average Bonchev–Trinajstić information content (AvgIpc) is 2.15. The summed E-state index contributed by atoms with van der Waals surface area (Å²) in [7, 11) is 0. The number of aromatic nitrogens is 1. The van der Waals surface area contributed by atoms with E-state index in [1.807, 2.05) is 0 Å². The summed E-state index contributed by atoms with van der Waals surface area (Å²) in [5.41, 5.74) is 6.69. The second-order valence-electron chi connectivity index (χ2n) is 2.80. The molecule has 1 aromatic rings. The molecule has 0 unspecified atom stereocenters. The van der Waals surface area contributed by atoms with E-state index in [0.29, 0.717) is 11.4 Å². The minimum absolute atomic E-state index is 0.181. The van der Waals surface area contributed by atoms with Gasteiger partial charge in [0.05, 0.1) is 5.69 Å². The smallest absolute Gasteiger partial charge is 0.272 e. The lowest BCUT2D eigenvalue weighted by atomic mass is 10.3. The van der Waals surface area contributed by atoms with Crippen molar-refractivity contribution in [3.05, 3.63) is 23.5 Å². The molecule has 0 aliphatic heterocycles. The summed E-state index contributed by atoms with van der Waals surface area (Å²) >= 11 is 0. The summed E-state index contributed by atoms with van der Waals surface area (Å²) in [5, 5.41) is 0. The van der Waals surface area contributed by atoms with E-state index >= 15 is 0 Å². The minimum atomic E-state index is -2.48. The lowest BCUT2D eigenvalue weighted by Gasteiger charge is -2.09. The van der Waals surface area contributed by atoms with Gasteiger partial charge in [0, 0.05) is 12.2 Å². The van der Waals surface area contributed by atoms with E-state index < -0.39 is 13.0 Å². The van der Waals surface area contributed by atoms with Gasteiger partial charge in [0.25, 0.3) is 6.43 Å². The maximum absolute atomic E-state index is 11.9. The Morgan fingerprint density at radius 3 is 2.79 bits per heavy atom. The highest BCUT2D eigenvalue weighted by Gasteiger charge is 2.07. The van der Waals surface area contributed by atoms with Gasteiger partial charge in [-0.25, -0.2) is 8.78 Å². The molecule has 1 aromatic heterocycles. The molecule has 5 heteroatoms. The van der Waals surface area contributed by atoms with E-state index in [9.17, 15) is 8.78 Å². The van der Waals surface area contributed by atoms with Gasteiger partial charge in [-0.1, -0.05) is 0 Å². The lowest BCUT2D eigenvalue weighted by molar-refractivity contribution is 0.0812.